The molecule has 2 amide bonds. The number of nitrogens with one attached hydrogen (secondary N) is 1. The average Bonchev–Trinajstić information content (AvgIpc) is 3.16. The summed E-state index contributed by atoms with van der Waals surface area (Å²) in [6, 6.07) is 4.57. The van der Waals surface area contributed by atoms with Gasteiger partial charge in [-0.2, -0.15) is 4.68 Å². The molecule has 3 aromatic rings. The van der Waals surface area contributed by atoms with E-state index in [1.807, 2.05) is 0 Å². The van der Waals surface area contributed by atoms with E-state index in [0.717, 1.165) is 10.6 Å². The minimum absolute atomic E-state index is 0.0821. The smallest absolute Gasteiger partial charge is 0.351 e. The van der Waals surface area contributed by atoms with Gasteiger partial charge in [0.25, 0.3) is 18.2 Å². The number of nitrogens with two attached hydrogens (primary N) is 1. The molecular formula is C21H17ClF5N5O4. The second kappa shape index (κ2) is 10.8. The number of rotatable bonds is 9. The molecule has 0 saturated carbocycles. The number of primary amides is 1. The van der Waals surface area contributed by atoms with E-state index in [0.29, 0.717) is 16.8 Å². The molecule has 0 aliphatic rings. The topological polar surface area (TPSA) is 121 Å². The molecular weight excluding hydrogens is 517 g/mol. The van der Waals surface area contributed by atoms with Crippen molar-refractivity contribution in [2.45, 2.75) is 26.0 Å². The van der Waals surface area contributed by atoms with Crippen molar-refractivity contribution >= 4 is 29.1 Å². The molecule has 0 spiro atoms. The Morgan fingerprint density at radius 3 is 2.44 bits per heavy atom. The zero-order valence-corrected chi connectivity index (χ0v) is 19.0. The van der Waals surface area contributed by atoms with Gasteiger partial charge in [0.15, 0.2) is 6.10 Å². The van der Waals surface area contributed by atoms with Crippen LogP contribution in [0.3, 0.4) is 0 Å². The zero-order chi connectivity index (χ0) is 26.7. The monoisotopic (exact) mass is 533 g/mol. The fourth-order valence-corrected chi connectivity index (χ4v) is 3.32. The van der Waals surface area contributed by atoms with Gasteiger partial charge in [-0.1, -0.05) is 17.7 Å². The van der Waals surface area contributed by atoms with Crippen molar-refractivity contribution in [2.75, 3.05) is 12.0 Å². The molecule has 9 nitrogen and oxygen atoms in total. The highest BCUT2D eigenvalue weighted by Crippen LogP contribution is 2.30. The van der Waals surface area contributed by atoms with Crippen LogP contribution in [0, 0.1) is 11.6 Å². The maximum absolute atomic E-state index is 15.1. The zero-order valence-electron chi connectivity index (χ0n) is 18.3. The first-order chi connectivity index (χ1) is 17.0. The fourth-order valence-electron chi connectivity index (χ4n) is 3.11. The van der Waals surface area contributed by atoms with Crippen LogP contribution in [0.5, 0.6) is 5.75 Å². The highest BCUT2D eigenvalue weighted by molar-refractivity contribution is 6.34. The number of halogens is 6. The van der Waals surface area contributed by atoms with Gasteiger partial charge in [0.2, 0.25) is 5.82 Å². The minimum atomic E-state index is -3.36. The van der Waals surface area contributed by atoms with E-state index >= 15 is 4.39 Å². The molecule has 1 aromatic heterocycles. The second-order valence-corrected chi connectivity index (χ2v) is 7.53. The van der Waals surface area contributed by atoms with Crippen molar-refractivity contribution in [1.82, 2.24) is 14.3 Å². The van der Waals surface area contributed by atoms with Gasteiger partial charge in [-0.05, 0) is 25.1 Å². The Labute approximate surface area is 204 Å². The first kappa shape index (κ1) is 26.7. The average molecular weight is 534 g/mol. The van der Waals surface area contributed by atoms with E-state index in [1.54, 1.807) is 0 Å². The van der Waals surface area contributed by atoms with Crippen molar-refractivity contribution in [3.63, 3.8) is 0 Å². The molecule has 0 aliphatic carbocycles. The van der Waals surface area contributed by atoms with Crippen LogP contribution in [0.15, 0.2) is 35.1 Å². The summed E-state index contributed by atoms with van der Waals surface area (Å²) in [6.45, 7) is -0.303. The Kier molecular flexibility index (Phi) is 7.97. The van der Waals surface area contributed by atoms with Crippen molar-refractivity contribution < 1.29 is 36.3 Å². The Morgan fingerprint density at radius 2 is 1.92 bits per heavy atom. The van der Waals surface area contributed by atoms with E-state index in [2.05, 4.69) is 10.4 Å². The van der Waals surface area contributed by atoms with E-state index in [9.17, 15) is 31.9 Å². The molecule has 0 bridgehead atoms. The molecule has 0 radical (unpaired) electrons. The first-order valence-corrected chi connectivity index (χ1v) is 10.5. The third kappa shape index (κ3) is 5.17. The van der Waals surface area contributed by atoms with Crippen molar-refractivity contribution in [3.8, 4) is 11.4 Å². The number of benzene rings is 2. The lowest BCUT2D eigenvalue weighted by Gasteiger charge is -2.19. The van der Waals surface area contributed by atoms with Crippen molar-refractivity contribution in [3.05, 3.63) is 68.9 Å². The molecule has 0 saturated heterocycles. The number of carbonyl (C=O) groups is 2. The molecule has 3 N–H and O–H groups in total. The number of ether oxygens (including phenoxy) is 1. The summed E-state index contributed by atoms with van der Waals surface area (Å²) in [4.78, 5) is 37.1. The number of anilines is 1. The van der Waals surface area contributed by atoms with Gasteiger partial charge in [0.1, 0.15) is 29.7 Å². The van der Waals surface area contributed by atoms with Crippen LogP contribution in [-0.4, -0.2) is 45.4 Å². The fraction of sp³-hybridized carbons (Fsp3) is 0.238. The molecule has 0 fully saturated rings. The van der Waals surface area contributed by atoms with Crippen LogP contribution >= 0.6 is 11.6 Å². The summed E-state index contributed by atoms with van der Waals surface area (Å²) in [6.07, 6.45) is -5.73. The molecule has 0 aliphatic heterocycles. The van der Waals surface area contributed by atoms with Crippen LogP contribution in [0.1, 0.15) is 27.9 Å². The van der Waals surface area contributed by atoms with Gasteiger partial charge in [0, 0.05) is 12.6 Å². The van der Waals surface area contributed by atoms with E-state index in [-0.39, 0.29) is 11.6 Å². The molecule has 192 valence electrons. The van der Waals surface area contributed by atoms with Crippen LogP contribution in [0.4, 0.5) is 27.6 Å². The number of hydrogen-bond acceptors (Lipinski definition) is 5. The molecule has 15 heteroatoms. The largest absolute Gasteiger partial charge is 0.481 e. The quantitative estimate of drug-likeness (QED) is 0.409. The van der Waals surface area contributed by atoms with Crippen LogP contribution in [-0.2, 0) is 6.54 Å². The van der Waals surface area contributed by atoms with Gasteiger partial charge < -0.3 is 15.8 Å². The highest BCUT2D eigenvalue weighted by atomic mass is 35.5. The van der Waals surface area contributed by atoms with Crippen LogP contribution in [0.2, 0.25) is 5.02 Å². The lowest BCUT2D eigenvalue weighted by molar-refractivity contribution is -0.00159. The number of carbonyl (C=O) groups excluding carboxylic acids is 2. The predicted octanol–water partition coefficient (Wildman–Crippen LogP) is 3.32. The summed E-state index contributed by atoms with van der Waals surface area (Å²) >= 11 is 5.86. The van der Waals surface area contributed by atoms with Crippen LogP contribution in [0.25, 0.3) is 5.69 Å². The number of amides is 2. The highest BCUT2D eigenvalue weighted by Gasteiger charge is 2.28. The molecule has 36 heavy (non-hydrogen) atoms. The normalized spacial score (nSPS) is 12.0. The lowest BCUT2D eigenvalue weighted by atomic mass is 10.1. The molecule has 0 unspecified atom stereocenters. The van der Waals surface area contributed by atoms with Gasteiger partial charge in [-0.3, -0.25) is 14.2 Å². The van der Waals surface area contributed by atoms with E-state index in [1.165, 1.54) is 19.1 Å². The summed E-state index contributed by atoms with van der Waals surface area (Å²) in [5.74, 6) is -5.94. The Bertz CT molecular complexity index is 1360. The Hall–Kier alpha value is -3.94. The Morgan fingerprint density at radius 1 is 1.22 bits per heavy atom. The molecule has 2 aromatic carbocycles. The third-order valence-corrected chi connectivity index (χ3v) is 5.15. The van der Waals surface area contributed by atoms with Gasteiger partial charge >= 0.3 is 5.69 Å². The van der Waals surface area contributed by atoms with Gasteiger partial charge in [-0.25, -0.2) is 26.7 Å². The molecule has 3 rings (SSSR count). The van der Waals surface area contributed by atoms with Crippen molar-refractivity contribution in [1.29, 1.82) is 0 Å². The summed E-state index contributed by atoms with van der Waals surface area (Å²) in [5, 5.41) is 5.50. The second-order valence-electron chi connectivity index (χ2n) is 7.12. The summed E-state index contributed by atoms with van der Waals surface area (Å²) in [7, 11) is 0. The SMILES string of the molecule is CCn1c(C(N)=O)nn(-c2cc(O[C@@H](CF)C(F)F)c(C(=O)Nc3c(F)cccc3Cl)cc2F)c1=O. The first-order valence-electron chi connectivity index (χ1n) is 10.1. The Balaban J connectivity index is 2.18. The number of alkyl halides is 3. The van der Waals surface area contributed by atoms with Crippen molar-refractivity contribution in [2.24, 2.45) is 5.73 Å². The molecule has 1 atom stereocenters. The maximum atomic E-state index is 15.1. The van der Waals surface area contributed by atoms with E-state index < -0.39 is 76.9 Å². The standard InChI is InChI=1S/C21H17ClF5N5O4/c1-2-31-19(18(28)33)30-32(21(31)35)13-7-14(36-15(8-23)17(26)27)9(6-12(13)25)20(34)29-16-10(22)4-3-5-11(16)24/h3-7,15,17H,2,8H2,1H3,(H2,28,33)(H,29,34)/t15-/m0/s1. The van der Waals surface area contributed by atoms with E-state index in [4.69, 9.17) is 22.1 Å². The minimum Gasteiger partial charge on any atom is -0.481 e. The predicted molar refractivity (Wildman–Crippen MR) is 118 cm³/mol. The summed E-state index contributed by atoms with van der Waals surface area (Å²) in [5.41, 5.74) is 2.18. The maximum Gasteiger partial charge on any atom is 0.351 e. The van der Waals surface area contributed by atoms with Gasteiger partial charge in [-0.15, -0.1) is 5.10 Å². The number of hydrogen-bond donors (Lipinski definition) is 2. The third-order valence-electron chi connectivity index (χ3n) is 4.83. The van der Waals surface area contributed by atoms with Crippen LogP contribution < -0.4 is 21.5 Å². The number of aromatic nitrogens is 3. The van der Waals surface area contributed by atoms with Gasteiger partial charge in [0.05, 0.1) is 16.3 Å². The molecule has 1 heterocycles. The number of nitrogens with zero attached hydrogens (tertiary/aromatic N) is 3. The summed E-state index contributed by atoms with van der Waals surface area (Å²) < 4.78 is 74.9. The number of para-hydroxylation sites is 1. The lowest BCUT2D eigenvalue weighted by Crippen LogP contribution is -2.29.